The lowest BCUT2D eigenvalue weighted by Crippen LogP contribution is -2.46. The number of anilines is 1. The zero-order chi connectivity index (χ0) is 23.6. The largest absolute Gasteiger partial charge is 0.573 e. The van der Waals surface area contributed by atoms with Gasteiger partial charge in [-0.3, -0.25) is 9.20 Å². The predicted molar refractivity (Wildman–Crippen MR) is 113 cm³/mol. The van der Waals surface area contributed by atoms with Gasteiger partial charge in [0.25, 0.3) is 5.91 Å². The lowest BCUT2D eigenvalue weighted by atomic mass is 9.89. The summed E-state index contributed by atoms with van der Waals surface area (Å²) in [5, 5.41) is 0. The summed E-state index contributed by atoms with van der Waals surface area (Å²) in [5.74, 6) is -0.0669. The van der Waals surface area contributed by atoms with Crippen LogP contribution < -0.4 is 15.2 Å². The molecular weight excluding hydrogens is 453 g/mol. The monoisotopic (exact) mass is 470 g/mol. The molecule has 5 heterocycles. The van der Waals surface area contributed by atoms with Crippen LogP contribution in [0.4, 0.5) is 19.0 Å². The van der Waals surface area contributed by atoms with E-state index in [1.165, 1.54) is 24.4 Å². The minimum absolute atomic E-state index is 0.204. The van der Waals surface area contributed by atoms with E-state index in [4.69, 9.17) is 10.5 Å². The fraction of sp³-hybridized carbons (Fsp3) is 0.273. The lowest BCUT2D eigenvalue weighted by molar-refractivity contribution is -0.274. The molecule has 2 aliphatic heterocycles. The number of carbonyl (C=O) groups excluding carboxylic acids is 1. The second-order valence-electron chi connectivity index (χ2n) is 8.23. The molecule has 4 aromatic rings. The Labute approximate surface area is 189 Å². The normalized spacial score (nSPS) is 19.7. The van der Waals surface area contributed by atoms with E-state index in [9.17, 15) is 18.0 Å². The molecule has 174 valence electrons. The molecule has 1 fully saturated rings. The third kappa shape index (κ3) is 3.33. The molecule has 2 aliphatic rings. The molecule has 9 nitrogen and oxygen atoms in total. The molecule has 2 N–H and O–H groups in total. The molecular formula is C22H17F3N6O3. The third-order valence-corrected chi connectivity index (χ3v) is 6.17. The highest BCUT2D eigenvalue weighted by atomic mass is 19.4. The number of hydrogen-bond donors (Lipinski definition) is 1. The van der Waals surface area contributed by atoms with Crippen LogP contribution in [0.15, 0.2) is 43.0 Å². The van der Waals surface area contributed by atoms with E-state index in [0.29, 0.717) is 47.3 Å². The number of nitrogens with two attached hydrogens (primary N) is 1. The summed E-state index contributed by atoms with van der Waals surface area (Å²) in [6.07, 6.45) is 0.741. The first-order valence-electron chi connectivity index (χ1n) is 10.5. The average Bonchev–Trinajstić information content (AvgIpc) is 3.29. The van der Waals surface area contributed by atoms with Gasteiger partial charge in [-0.25, -0.2) is 15.0 Å². The van der Waals surface area contributed by atoms with Gasteiger partial charge in [-0.15, -0.1) is 13.2 Å². The van der Waals surface area contributed by atoms with E-state index in [2.05, 4.69) is 19.7 Å². The number of likely N-dealkylation sites (tertiary alicyclic amines) is 1. The van der Waals surface area contributed by atoms with Crippen LogP contribution in [0.2, 0.25) is 0 Å². The maximum atomic E-state index is 13.5. The minimum atomic E-state index is -4.80. The number of fused-ring (bicyclic) bond motifs is 7. The highest BCUT2D eigenvalue weighted by Gasteiger charge is 2.40. The van der Waals surface area contributed by atoms with Gasteiger partial charge in [-0.2, -0.15) is 0 Å². The van der Waals surface area contributed by atoms with Crippen molar-refractivity contribution in [1.29, 1.82) is 0 Å². The number of carbonyl (C=O) groups is 1. The first-order valence-corrected chi connectivity index (χ1v) is 10.5. The number of nitrogens with zero attached hydrogens (tertiary/aromatic N) is 5. The fourth-order valence-corrected chi connectivity index (χ4v) is 4.69. The second-order valence-corrected chi connectivity index (χ2v) is 8.23. The Morgan fingerprint density at radius 3 is 2.88 bits per heavy atom. The smallest absolute Gasteiger partial charge is 0.490 e. The second kappa shape index (κ2) is 7.20. The molecule has 3 aromatic heterocycles. The Morgan fingerprint density at radius 1 is 1.21 bits per heavy atom. The quantitative estimate of drug-likeness (QED) is 0.478. The topological polar surface area (TPSA) is 108 Å². The number of hydrogen-bond acceptors (Lipinski definition) is 7. The van der Waals surface area contributed by atoms with Crippen molar-refractivity contribution >= 4 is 28.3 Å². The predicted octanol–water partition coefficient (Wildman–Crippen LogP) is 3.50. The van der Waals surface area contributed by atoms with Crippen LogP contribution in [0, 0.1) is 0 Å². The maximum absolute atomic E-state index is 13.5. The van der Waals surface area contributed by atoms with E-state index >= 15 is 0 Å². The van der Waals surface area contributed by atoms with Crippen molar-refractivity contribution in [3.8, 4) is 11.5 Å². The van der Waals surface area contributed by atoms with Crippen molar-refractivity contribution in [1.82, 2.24) is 24.3 Å². The van der Waals surface area contributed by atoms with Crippen LogP contribution in [0.5, 0.6) is 11.5 Å². The molecule has 2 atom stereocenters. The average molecular weight is 470 g/mol. The van der Waals surface area contributed by atoms with Crippen LogP contribution >= 0.6 is 0 Å². The highest BCUT2D eigenvalue weighted by Crippen LogP contribution is 2.44. The highest BCUT2D eigenvalue weighted by molar-refractivity contribution is 5.96. The number of alkyl halides is 3. The number of benzene rings is 1. The molecule has 1 saturated heterocycles. The molecule has 0 radical (unpaired) electrons. The Kier molecular flexibility index (Phi) is 4.35. The number of rotatable bonds is 2. The lowest BCUT2D eigenvalue weighted by Gasteiger charge is -2.43. The molecule has 0 saturated carbocycles. The molecule has 2 bridgehead atoms. The Balaban J connectivity index is 1.36. The third-order valence-electron chi connectivity index (χ3n) is 6.17. The van der Waals surface area contributed by atoms with Crippen LogP contribution in [-0.4, -0.2) is 49.2 Å². The van der Waals surface area contributed by atoms with Crippen molar-refractivity contribution in [2.45, 2.75) is 31.3 Å². The van der Waals surface area contributed by atoms with Crippen molar-refractivity contribution in [2.24, 2.45) is 0 Å². The van der Waals surface area contributed by atoms with Gasteiger partial charge in [-0.05, 0) is 18.2 Å². The SMILES string of the molecule is Nc1nc2cnc(C(=O)N3CC[C@H]4CC3c3ccc(OC(F)(F)F)cc3O4)cc2n2cncc12. The van der Waals surface area contributed by atoms with Gasteiger partial charge >= 0.3 is 6.36 Å². The zero-order valence-electron chi connectivity index (χ0n) is 17.5. The summed E-state index contributed by atoms with van der Waals surface area (Å²) in [4.78, 5) is 28.0. The van der Waals surface area contributed by atoms with Gasteiger partial charge in [0.2, 0.25) is 0 Å². The van der Waals surface area contributed by atoms with E-state index in [1.54, 1.807) is 27.9 Å². The van der Waals surface area contributed by atoms with Crippen molar-refractivity contribution < 1.29 is 27.4 Å². The molecule has 1 amide bonds. The van der Waals surface area contributed by atoms with E-state index in [0.717, 1.165) is 0 Å². The van der Waals surface area contributed by atoms with Crippen molar-refractivity contribution in [2.75, 3.05) is 12.3 Å². The first kappa shape index (κ1) is 20.5. The summed E-state index contributed by atoms with van der Waals surface area (Å²) >= 11 is 0. The molecule has 1 aromatic carbocycles. The molecule has 12 heteroatoms. The van der Waals surface area contributed by atoms with Crippen LogP contribution in [0.3, 0.4) is 0 Å². The minimum Gasteiger partial charge on any atom is -0.490 e. The summed E-state index contributed by atoms with van der Waals surface area (Å²) in [6.45, 7) is 0.425. The van der Waals surface area contributed by atoms with Gasteiger partial charge in [0.05, 0.1) is 30.3 Å². The Hall–Kier alpha value is -4.09. The van der Waals surface area contributed by atoms with Crippen molar-refractivity contribution in [3.63, 3.8) is 0 Å². The molecule has 34 heavy (non-hydrogen) atoms. The van der Waals surface area contributed by atoms with Crippen LogP contribution in [-0.2, 0) is 0 Å². The van der Waals surface area contributed by atoms with E-state index in [1.807, 2.05) is 0 Å². The van der Waals surface area contributed by atoms with Gasteiger partial charge in [-0.1, -0.05) is 0 Å². The standard InChI is InChI=1S/C22H17F3N6O3/c23-22(24,25)34-12-1-2-13-16-5-11(33-19(13)6-12)3-4-30(16)21(32)14-7-17-15(8-28-14)29-20(26)18-9-27-10-31(17)18/h1-2,6-11,16H,3-5H2,(H2,26,29)/t11-,16?/m0/s1. The maximum Gasteiger partial charge on any atom is 0.573 e. The number of halogens is 3. The fourth-order valence-electron chi connectivity index (χ4n) is 4.69. The Bertz CT molecular complexity index is 1450. The number of imidazole rings is 1. The van der Waals surface area contributed by atoms with Gasteiger partial charge in [0, 0.05) is 31.0 Å². The number of piperidine rings is 1. The summed E-state index contributed by atoms with van der Waals surface area (Å²) in [5.41, 5.74) is 8.59. The van der Waals surface area contributed by atoms with Gasteiger partial charge < -0.3 is 20.1 Å². The number of amides is 1. The summed E-state index contributed by atoms with van der Waals surface area (Å²) in [6, 6.07) is 5.25. The molecule has 6 rings (SSSR count). The number of pyridine rings is 1. The van der Waals surface area contributed by atoms with Crippen molar-refractivity contribution in [3.05, 3.63) is 54.2 Å². The van der Waals surface area contributed by atoms with Gasteiger partial charge in [0.15, 0.2) is 0 Å². The number of ether oxygens (including phenoxy) is 2. The zero-order valence-corrected chi connectivity index (χ0v) is 17.5. The summed E-state index contributed by atoms with van der Waals surface area (Å²) in [7, 11) is 0. The van der Waals surface area contributed by atoms with E-state index in [-0.39, 0.29) is 35.2 Å². The molecule has 0 spiro atoms. The van der Waals surface area contributed by atoms with Gasteiger partial charge in [0.1, 0.15) is 40.1 Å². The summed E-state index contributed by atoms with van der Waals surface area (Å²) < 4.78 is 49.5. The molecule has 1 unspecified atom stereocenters. The van der Waals surface area contributed by atoms with Crippen LogP contribution in [0.1, 0.15) is 34.9 Å². The Morgan fingerprint density at radius 2 is 2.06 bits per heavy atom. The number of nitrogen functional groups attached to an aromatic ring is 1. The number of aromatic nitrogens is 4. The first-order chi connectivity index (χ1) is 16.3. The molecule has 0 aliphatic carbocycles. The van der Waals surface area contributed by atoms with Crippen LogP contribution in [0.25, 0.3) is 16.6 Å². The van der Waals surface area contributed by atoms with E-state index < -0.39 is 6.36 Å².